The molecule has 5 N–H and O–H groups in total. The number of piperazine rings is 1. The average molecular weight is 589 g/mol. The fourth-order valence-corrected chi connectivity index (χ4v) is 5.63. The van der Waals surface area contributed by atoms with Crippen LogP contribution in [-0.4, -0.2) is 98.9 Å². The lowest BCUT2D eigenvalue weighted by Gasteiger charge is -2.39. The van der Waals surface area contributed by atoms with Crippen LogP contribution < -0.4 is 16.0 Å². The Morgan fingerprint density at radius 3 is 2.51 bits per heavy atom. The van der Waals surface area contributed by atoms with Crippen LogP contribution in [0.5, 0.6) is 0 Å². The first-order chi connectivity index (χ1) is 19.4. The van der Waals surface area contributed by atoms with E-state index in [0.29, 0.717) is 26.1 Å². The van der Waals surface area contributed by atoms with Crippen molar-refractivity contribution in [3.05, 3.63) is 52.5 Å². The van der Waals surface area contributed by atoms with Gasteiger partial charge in [0, 0.05) is 42.8 Å². The van der Waals surface area contributed by atoms with Gasteiger partial charge in [0.05, 0.1) is 24.2 Å². The highest BCUT2D eigenvalue weighted by molar-refractivity contribution is 7.09. The second-order valence-corrected chi connectivity index (χ2v) is 12.9. The third-order valence-electron chi connectivity index (χ3n) is 6.96. The van der Waals surface area contributed by atoms with E-state index in [1.807, 2.05) is 56.0 Å². The SMILES string of the molecule is CC(C)[C@@H](C(=O)N[C@@H](Cc1ccccc1)[C@H](O)CN1CCNC[C@H]1C(=O)NC(C)(C)C)N(Cc1cncs1)C(=O)O. The van der Waals surface area contributed by atoms with Crippen molar-refractivity contribution >= 4 is 29.2 Å². The minimum absolute atomic E-state index is 0.0352. The number of aromatic nitrogens is 1. The third-order valence-corrected chi connectivity index (χ3v) is 7.72. The van der Waals surface area contributed by atoms with E-state index in [1.165, 1.54) is 11.3 Å². The highest BCUT2D eigenvalue weighted by Crippen LogP contribution is 2.19. The second-order valence-electron chi connectivity index (χ2n) is 11.9. The van der Waals surface area contributed by atoms with Crippen LogP contribution in [0, 0.1) is 5.92 Å². The summed E-state index contributed by atoms with van der Waals surface area (Å²) in [5.74, 6) is -0.929. The van der Waals surface area contributed by atoms with Gasteiger partial charge in [0.25, 0.3) is 0 Å². The summed E-state index contributed by atoms with van der Waals surface area (Å²) in [5, 5.41) is 30.8. The first-order valence-electron chi connectivity index (χ1n) is 14.0. The molecule has 0 unspecified atom stereocenters. The Bertz CT molecular complexity index is 1120. The summed E-state index contributed by atoms with van der Waals surface area (Å²) in [7, 11) is 0. The van der Waals surface area contributed by atoms with Crippen molar-refractivity contribution in [3.8, 4) is 0 Å². The normalized spacial score (nSPS) is 18.4. The molecule has 1 aromatic carbocycles. The zero-order valence-corrected chi connectivity index (χ0v) is 25.4. The fourth-order valence-electron chi connectivity index (χ4n) is 5.04. The first kappa shape index (κ1) is 32.5. The predicted octanol–water partition coefficient (Wildman–Crippen LogP) is 1.92. The van der Waals surface area contributed by atoms with Gasteiger partial charge in [-0.2, -0.15) is 0 Å². The van der Waals surface area contributed by atoms with E-state index < -0.39 is 41.8 Å². The summed E-state index contributed by atoms with van der Waals surface area (Å²) >= 11 is 1.32. The van der Waals surface area contributed by atoms with E-state index in [9.17, 15) is 24.6 Å². The van der Waals surface area contributed by atoms with Crippen LogP contribution in [0.1, 0.15) is 45.1 Å². The topological polar surface area (TPSA) is 147 Å². The van der Waals surface area contributed by atoms with Crippen molar-refractivity contribution in [1.82, 2.24) is 30.7 Å². The van der Waals surface area contributed by atoms with Gasteiger partial charge in [-0.15, -0.1) is 11.3 Å². The van der Waals surface area contributed by atoms with Crippen molar-refractivity contribution in [1.29, 1.82) is 0 Å². The molecule has 3 rings (SSSR count). The van der Waals surface area contributed by atoms with Crippen LogP contribution in [0.15, 0.2) is 42.0 Å². The van der Waals surface area contributed by atoms with Gasteiger partial charge in [-0.05, 0) is 38.7 Å². The molecule has 0 spiro atoms. The Hall–Kier alpha value is -3.06. The number of aliphatic hydroxyl groups excluding tert-OH is 1. The number of hydrogen-bond acceptors (Lipinski definition) is 8. The average Bonchev–Trinajstić information content (AvgIpc) is 3.41. The van der Waals surface area contributed by atoms with Crippen LogP contribution in [0.3, 0.4) is 0 Å². The number of thiazole rings is 1. The Morgan fingerprint density at radius 2 is 1.93 bits per heavy atom. The molecule has 0 aliphatic carbocycles. The van der Waals surface area contributed by atoms with E-state index in [1.54, 1.807) is 25.6 Å². The Labute approximate surface area is 246 Å². The molecule has 12 heteroatoms. The molecule has 3 amide bonds. The molecular weight excluding hydrogens is 544 g/mol. The van der Waals surface area contributed by atoms with Crippen molar-refractivity contribution in [2.45, 2.75) is 77.4 Å². The molecule has 1 aromatic heterocycles. The Kier molecular flexibility index (Phi) is 11.6. The molecular formula is C29H44N6O5S. The van der Waals surface area contributed by atoms with Crippen LogP contribution in [0.25, 0.3) is 0 Å². The minimum Gasteiger partial charge on any atom is -0.465 e. The van der Waals surface area contributed by atoms with Gasteiger partial charge >= 0.3 is 6.09 Å². The van der Waals surface area contributed by atoms with Crippen LogP contribution in [-0.2, 0) is 22.6 Å². The number of aliphatic hydroxyl groups is 1. The lowest BCUT2D eigenvalue weighted by molar-refractivity contribution is -0.131. The Morgan fingerprint density at radius 1 is 1.22 bits per heavy atom. The van der Waals surface area contributed by atoms with Crippen LogP contribution in [0.2, 0.25) is 0 Å². The molecule has 0 radical (unpaired) electrons. The number of carbonyl (C=O) groups is 3. The maximum atomic E-state index is 13.8. The number of hydrogen-bond donors (Lipinski definition) is 5. The molecule has 0 bridgehead atoms. The van der Waals surface area contributed by atoms with Crippen molar-refractivity contribution in [3.63, 3.8) is 0 Å². The maximum absolute atomic E-state index is 13.8. The van der Waals surface area contributed by atoms with Gasteiger partial charge in [-0.25, -0.2) is 4.79 Å². The van der Waals surface area contributed by atoms with Gasteiger partial charge in [-0.1, -0.05) is 44.2 Å². The van der Waals surface area contributed by atoms with Crippen molar-refractivity contribution < 1.29 is 24.6 Å². The number of carbonyl (C=O) groups excluding carboxylic acids is 2. The van der Waals surface area contributed by atoms with Gasteiger partial charge in [0.2, 0.25) is 11.8 Å². The molecule has 11 nitrogen and oxygen atoms in total. The molecule has 2 aromatic rings. The smallest absolute Gasteiger partial charge is 0.408 e. The number of benzene rings is 1. The summed E-state index contributed by atoms with van der Waals surface area (Å²) < 4.78 is 0. The van der Waals surface area contributed by atoms with Crippen molar-refractivity contribution in [2.75, 3.05) is 26.2 Å². The zero-order valence-electron chi connectivity index (χ0n) is 24.5. The first-order valence-corrected chi connectivity index (χ1v) is 14.9. The number of β-amino-alcohol motifs (C(OH)–C–C–N with tert-alkyl or cyclic N) is 1. The lowest BCUT2D eigenvalue weighted by Crippen LogP contribution is -2.63. The standard InChI is InChI=1S/C29H44N6O5S/c1-19(2)25(35(28(39)40)16-21-14-31-18-41-21)27(38)32-22(13-20-9-7-6-8-10-20)24(36)17-34-12-11-30-15-23(34)26(37)33-29(3,4)5/h6-10,14,18-19,22-25,30,36H,11-13,15-17H2,1-5H3,(H,32,38)(H,33,37)(H,39,40)/t22-,23-,24+,25-/m0/s1. The van der Waals surface area contributed by atoms with Crippen molar-refractivity contribution in [2.24, 2.45) is 5.92 Å². The fraction of sp³-hybridized carbons (Fsp3) is 0.586. The zero-order chi connectivity index (χ0) is 30.2. The third kappa shape index (κ3) is 9.77. The maximum Gasteiger partial charge on any atom is 0.408 e. The molecule has 41 heavy (non-hydrogen) atoms. The summed E-state index contributed by atoms with van der Waals surface area (Å²) in [4.78, 5) is 46.9. The molecule has 0 saturated carbocycles. The van der Waals surface area contributed by atoms with E-state index in [4.69, 9.17) is 0 Å². The number of amides is 3. The summed E-state index contributed by atoms with van der Waals surface area (Å²) in [5.41, 5.74) is 2.14. The van der Waals surface area contributed by atoms with Crippen LogP contribution in [0.4, 0.5) is 4.79 Å². The van der Waals surface area contributed by atoms with E-state index in [0.717, 1.165) is 15.3 Å². The minimum atomic E-state index is -1.21. The molecule has 226 valence electrons. The highest BCUT2D eigenvalue weighted by atomic mass is 32.1. The van der Waals surface area contributed by atoms with Gasteiger partial charge in [0.15, 0.2) is 0 Å². The monoisotopic (exact) mass is 588 g/mol. The molecule has 2 heterocycles. The number of rotatable bonds is 12. The summed E-state index contributed by atoms with van der Waals surface area (Å²) in [6, 6.07) is 7.34. The van der Waals surface area contributed by atoms with E-state index >= 15 is 0 Å². The number of nitrogens with zero attached hydrogens (tertiary/aromatic N) is 3. The Balaban J connectivity index is 1.82. The highest BCUT2D eigenvalue weighted by Gasteiger charge is 2.37. The molecule has 1 saturated heterocycles. The largest absolute Gasteiger partial charge is 0.465 e. The summed E-state index contributed by atoms with van der Waals surface area (Å²) in [6.45, 7) is 11.2. The quantitative estimate of drug-likeness (QED) is 0.253. The van der Waals surface area contributed by atoms with E-state index in [2.05, 4.69) is 20.9 Å². The molecule has 1 aliphatic heterocycles. The predicted molar refractivity (Wildman–Crippen MR) is 159 cm³/mol. The molecule has 1 fully saturated rings. The lowest BCUT2D eigenvalue weighted by atomic mass is 9.97. The molecule has 4 atom stereocenters. The molecule has 1 aliphatic rings. The number of nitrogens with one attached hydrogen (secondary N) is 3. The number of carboxylic acid groups (broad SMARTS) is 1. The summed E-state index contributed by atoms with van der Waals surface area (Å²) in [6.07, 6.45) is -0.293. The van der Waals surface area contributed by atoms with Crippen LogP contribution >= 0.6 is 11.3 Å². The van der Waals surface area contributed by atoms with Gasteiger partial charge in [-0.3, -0.25) is 24.4 Å². The van der Waals surface area contributed by atoms with Gasteiger partial charge < -0.3 is 26.2 Å². The second kappa shape index (κ2) is 14.7. The van der Waals surface area contributed by atoms with Gasteiger partial charge in [0.1, 0.15) is 12.1 Å². The van der Waals surface area contributed by atoms with E-state index in [-0.39, 0.29) is 24.9 Å².